The fraction of sp³-hybridized carbons (Fsp3) is 0.562. The van der Waals surface area contributed by atoms with Gasteiger partial charge in [-0.2, -0.15) is 0 Å². The second kappa shape index (κ2) is 8.18. The molecule has 1 aromatic heterocycles. The number of likely N-dealkylation sites (N-methyl/N-ethyl adjacent to an activating group) is 1. The van der Waals surface area contributed by atoms with Gasteiger partial charge in [-0.3, -0.25) is 9.69 Å². The molecule has 5 heteroatoms. The fourth-order valence-electron chi connectivity index (χ4n) is 2.18. The molecule has 0 atom stereocenters. The lowest BCUT2D eigenvalue weighted by Gasteiger charge is -2.19. The van der Waals surface area contributed by atoms with E-state index in [9.17, 15) is 4.79 Å². The average Bonchev–Trinajstić information content (AvgIpc) is 3.22. The zero-order valence-electron chi connectivity index (χ0n) is 12.4. The largest absolute Gasteiger partial charge is 0.395 e. The quantitative estimate of drug-likeness (QED) is 0.754. The molecule has 0 spiro atoms. The standard InChI is InChI=1S/C16H22N2O2S/c1-2-18(14-6-7-14)9-8-17-16(20)13-11-15(21-12-13)5-3-4-10-19/h11-12,14,19H,2,4,6-10H2,1H3,(H,17,20). The molecule has 21 heavy (non-hydrogen) atoms. The summed E-state index contributed by atoms with van der Waals surface area (Å²) in [5.41, 5.74) is 0.669. The van der Waals surface area contributed by atoms with E-state index in [0.29, 0.717) is 18.5 Å². The van der Waals surface area contributed by atoms with Crippen LogP contribution in [0.3, 0.4) is 0 Å². The number of aliphatic hydroxyl groups excluding tert-OH is 1. The molecule has 0 aromatic carbocycles. The number of hydrogen-bond donors (Lipinski definition) is 2. The minimum absolute atomic E-state index is 0.0340. The Morgan fingerprint density at radius 2 is 2.38 bits per heavy atom. The summed E-state index contributed by atoms with van der Waals surface area (Å²) in [4.78, 5) is 15.3. The number of aliphatic hydroxyl groups is 1. The molecule has 2 N–H and O–H groups in total. The number of carbonyl (C=O) groups excluding carboxylic acids is 1. The Labute approximate surface area is 130 Å². The summed E-state index contributed by atoms with van der Waals surface area (Å²) in [5, 5.41) is 13.5. The predicted octanol–water partition coefficient (Wildman–Crippen LogP) is 1.70. The highest BCUT2D eigenvalue weighted by Gasteiger charge is 2.27. The highest BCUT2D eigenvalue weighted by molar-refractivity contribution is 7.10. The Morgan fingerprint density at radius 1 is 1.57 bits per heavy atom. The lowest BCUT2D eigenvalue weighted by Crippen LogP contribution is -2.35. The van der Waals surface area contributed by atoms with E-state index in [2.05, 4.69) is 29.0 Å². The van der Waals surface area contributed by atoms with E-state index in [1.807, 2.05) is 11.4 Å². The van der Waals surface area contributed by atoms with E-state index < -0.39 is 0 Å². The first-order valence-electron chi connectivity index (χ1n) is 7.45. The molecule has 0 saturated heterocycles. The predicted molar refractivity (Wildman–Crippen MR) is 85.5 cm³/mol. The van der Waals surface area contributed by atoms with Crippen LogP contribution in [0.25, 0.3) is 0 Å². The molecule has 1 heterocycles. The van der Waals surface area contributed by atoms with Gasteiger partial charge in [-0.1, -0.05) is 18.8 Å². The van der Waals surface area contributed by atoms with Crippen LogP contribution < -0.4 is 5.32 Å². The third-order valence-electron chi connectivity index (χ3n) is 3.46. The average molecular weight is 306 g/mol. The molecule has 2 rings (SSSR count). The molecule has 1 fully saturated rings. The van der Waals surface area contributed by atoms with Gasteiger partial charge in [0.2, 0.25) is 0 Å². The molecular formula is C16H22N2O2S. The number of nitrogens with zero attached hydrogens (tertiary/aromatic N) is 1. The molecular weight excluding hydrogens is 284 g/mol. The molecule has 4 nitrogen and oxygen atoms in total. The molecule has 1 aliphatic rings. The van der Waals surface area contributed by atoms with Gasteiger partial charge >= 0.3 is 0 Å². The summed E-state index contributed by atoms with van der Waals surface area (Å²) < 4.78 is 0. The molecule has 1 amide bonds. The summed E-state index contributed by atoms with van der Waals surface area (Å²) in [7, 11) is 0. The summed E-state index contributed by atoms with van der Waals surface area (Å²) in [5.74, 6) is 5.77. The van der Waals surface area contributed by atoms with E-state index in [1.165, 1.54) is 24.2 Å². The summed E-state index contributed by atoms with van der Waals surface area (Å²) >= 11 is 1.46. The molecule has 1 aromatic rings. The Bertz CT molecular complexity index is 526. The van der Waals surface area contributed by atoms with Crippen LogP contribution in [-0.4, -0.2) is 48.2 Å². The van der Waals surface area contributed by atoms with Crippen molar-refractivity contribution in [2.45, 2.75) is 32.2 Å². The summed E-state index contributed by atoms with van der Waals surface area (Å²) in [6, 6.07) is 2.55. The van der Waals surface area contributed by atoms with Crippen molar-refractivity contribution in [2.75, 3.05) is 26.2 Å². The van der Waals surface area contributed by atoms with E-state index >= 15 is 0 Å². The van der Waals surface area contributed by atoms with Gasteiger partial charge in [0.15, 0.2) is 0 Å². The van der Waals surface area contributed by atoms with Crippen molar-refractivity contribution in [1.82, 2.24) is 10.2 Å². The summed E-state index contributed by atoms with van der Waals surface area (Å²) in [6.45, 7) is 4.88. The third kappa shape index (κ3) is 5.16. The number of amides is 1. The number of nitrogens with one attached hydrogen (secondary N) is 1. The van der Waals surface area contributed by atoms with Crippen LogP contribution in [-0.2, 0) is 0 Å². The van der Waals surface area contributed by atoms with Gasteiger partial charge < -0.3 is 10.4 Å². The van der Waals surface area contributed by atoms with Crippen LogP contribution in [0.5, 0.6) is 0 Å². The highest BCUT2D eigenvalue weighted by atomic mass is 32.1. The third-order valence-corrected chi connectivity index (χ3v) is 4.31. The number of carbonyl (C=O) groups is 1. The van der Waals surface area contributed by atoms with Crippen molar-refractivity contribution in [1.29, 1.82) is 0 Å². The highest BCUT2D eigenvalue weighted by Crippen LogP contribution is 2.25. The summed E-state index contributed by atoms with van der Waals surface area (Å²) in [6.07, 6.45) is 3.05. The van der Waals surface area contributed by atoms with Crippen molar-refractivity contribution >= 4 is 17.2 Å². The lowest BCUT2D eigenvalue weighted by molar-refractivity contribution is 0.0948. The minimum atomic E-state index is -0.0340. The molecule has 1 saturated carbocycles. The van der Waals surface area contributed by atoms with E-state index in [0.717, 1.165) is 24.0 Å². The smallest absolute Gasteiger partial charge is 0.252 e. The van der Waals surface area contributed by atoms with Crippen LogP contribution in [0.2, 0.25) is 0 Å². The van der Waals surface area contributed by atoms with Crippen molar-refractivity contribution in [3.8, 4) is 11.8 Å². The zero-order chi connectivity index (χ0) is 15.1. The molecule has 0 aliphatic heterocycles. The molecule has 114 valence electrons. The van der Waals surface area contributed by atoms with Gasteiger partial charge in [0.25, 0.3) is 5.91 Å². The second-order valence-corrected chi connectivity index (χ2v) is 6.00. The number of thiophene rings is 1. The first kappa shape index (κ1) is 16.0. The monoisotopic (exact) mass is 306 g/mol. The van der Waals surface area contributed by atoms with Crippen molar-refractivity contribution in [3.05, 3.63) is 21.9 Å². The number of rotatable bonds is 7. The molecule has 0 unspecified atom stereocenters. The van der Waals surface area contributed by atoms with Crippen LogP contribution >= 0.6 is 11.3 Å². The minimum Gasteiger partial charge on any atom is -0.395 e. The van der Waals surface area contributed by atoms with E-state index in [4.69, 9.17) is 5.11 Å². The maximum Gasteiger partial charge on any atom is 0.252 e. The maximum atomic E-state index is 12.0. The zero-order valence-corrected chi connectivity index (χ0v) is 13.2. The van der Waals surface area contributed by atoms with Crippen LogP contribution in [0.15, 0.2) is 11.4 Å². The van der Waals surface area contributed by atoms with Gasteiger partial charge in [-0.05, 0) is 25.5 Å². The first-order valence-corrected chi connectivity index (χ1v) is 8.33. The SMILES string of the molecule is CCN(CCNC(=O)c1csc(C#CCCO)c1)C1CC1. The van der Waals surface area contributed by atoms with Crippen LogP contribution in [0, 0.1) is 11.8 Å². The van der Waals surface area contributed by atoms with Gasteiger partial charge in [-0.15, -0.1) is 11.3 Å². The van der Waals surface area contributed by atoms with Gasteiger partial charge in [0.1, 0.15) is 0 Å². The van der Waals surface area contributed by atoms with Crippen LogP contribution in [0.4, 0.5) is 0 Å². The van der Waals surface area contributed by atoms with Crippen molar-refractivity contribution in [3.63, 3.8) is 0 Å². The maximum absolute atomic E-state index is 12.0. The lowest BCUT2D eigenvalue weighted by atomic mass is 10.3. The van der Waals surface area contributed by atoms with Gasteiger partial charge in [-0.25, -0.2) is 0 Å². The first-order chi connectivity index (χ1) is 10.2. The van der Waals surface area contributed by atoms with Crippen molar-refractivity contribution < 1.29 is 9.90 Å². The second-order valence-electron chi connectivity index (χ2n) is 5.09. The fourth-order valence-corrected chi connectivity index (χ4v) is 2.94. The molecule has 1 aliphatic carbocycles. The Hall–Kier alpha value is -1.35. The Balaban J connectivity index is 1.76. The molecule has 0 radical (unpaired) electrons. The Morgan fingerprint density at radius 3 is 3.05 bits per heavy atom. The van der Waals surface area contributed by atoms with E-state index in [1.54, 1.807) is 0 Å². The topological polar surface area (TPSA) is 52.6 Å². The van der Waals surface area contributed by atoms with Crippen LogP contribution in [0.1, 0.15) is 41.4 Å². The normalized spacial score (nSPS) is 13.9. The van der Waals surface area contributed by atoms with Gasteiger partial charge in [0.05, 0.1) is 17.0 Å². The van der Waals surface area contributed by atoms with Gasteiger partial charge in [0, 0.05) is 30.9 Å². The molecule has 0 bridgehead atoms. The number of hydrogen-bond acceptors (Lipinski definition) is 4. The Kier molecular flexibility index (Phi) is 6.24. The van der Waals surface area contributed by atoms with Crippen molar-refractivity contribution in [2.24, 2.45) is 0 Å². The van der Waals surface area contributed by atoms with E-state index in [-0.39, 0.29) is 12.5 Å².